The number of carbonyl (C=O) groups excluding carboxylic acids is 2. The van der Waals surface area contributed by atoms with E-state index in [0.717, 1.165) is 9.75 Å². The monoisotopic (exact) mass is 214 g/mol. The van der Waals surface area contributed by atoms with Crippen LogP contribution in [0.15, 0.2) is 12.1 Å². The highest BCUT2D eigenvalue weighted by atomic mass is 32.2. The molecule has 1 heterocycles. The van der Waals surface area contributed by atoms with Gasteiger partial charge in [0.2, 0.25) is 0 Å². The molecule has 0 unspecified atom stereocenters. The topological polar surface area (TPSA) is 34.1 Å². The molecule has 0 aliphatic rings. The number of Topliss-reactive ketones (excluding diaryl/α,β-unsaturated/α-hetero) is 1. The Bertz CT molecular complexity index is 328. The van der Waals surface area contributed by atoms with Crippen LogP contribution in [0.4, 0.5) is 0 Å². The van der Waals surface area contributed by atoms with Crippen LogP contribution in [0, 0.1) is 0 Å². The maximum Gasteiger partial charge on any atom is 0.186 e. The highest BCUT2D eigenvalue weighted by Gasteiger charge is 2.04. The summed E-state index contributed by atoms with van der Waals surface area (Å²) in [5.74, 6) is 0.761. The van der Waals surface area contributed by atoms with Crippen molar-refractivity contribution in [3.05, 3.63) is 21.9 Å². The third-order valence-electron chi connectivity index (χ3n) is 1.43. The number of thiophene rings is 1. The van der Waals surface area contributed by atoms with Crippen molar-refractivity contribution in [3.63, 3.8) is 0 Å². The summed E-state index contributed by atoms with van der Waals surface area (Å²) in [6.45, 7) is 3.10. The smallest absolute Gasteiger partial charge is 0.186 e. The number of thioether (sulfide) groups is 1. The Labute approximate surface area is 85.3 Å². The second-order valence-corrected chi connectivity index (χ2v) is 4.92. The van der Waals surface area contributed by atoms with E-state index in [4.69, 9.17) is 0 Å². The zero-order valence-electron chi connectivity index (χ0n) is 7.49. The van der Waals surface area contributed by atoms with Gasteiger partial charge in [0.1, 0.15) is 0 Å². The average Bonchev–Trinajstić information content (AvgIpc) is 2.48. The van der Waals surface area contributed by atoms with E-state index in [2.05, 4.69) is 0 Å². The van der Waals surface area contributed by atoms with Gasteiger partial charge in [-0.2, -0.15) is 0 Å². The molecule has 0 radical (unpaired) electrons. The first-order valence-corrected chi connectivity index (χ1v) is 5.63. The minimum absolute atomic E-state index is 0.0871. The molecule has 0 aromatic carbocycles. The standard InChI is InChI=1S/C9H10O2S2/c1-6(10)9-4-3-8(13-9)5-12-7(2)11/h3-4H,5H2,1-2H3. The van der Waals surface area contributed by atoms with Gasteiger partial charge in [-0.1, -0.05) is 11.8 Å². The largest absolute Gasteiger partial charge is 0.294 e. The fraction of sp³-hybridized carbons (Fsp3) is 0.333. The molecule has 4 heteroatoms. The molecular formula is C9H10O2S2. The molecule has 70 valence electrons. The van der Waals surface area contributed by atoms with Crippen LogP contribution in [0.2, 0.25) is 0 Å². The number of hydrogen-bond acceptors (Lipinski definition) is 4. The lowest BCUT2D eigenvalue weighted by Gasteiger charge is -1.91. The van der Waals surface area contributed by atoms with E-state index in [1.54, 1.807) is 13.8 Å². The molecule has 1 aromatic rings. The second-order valence-electron chi connectivity index (χ2n) is 2.60. The fourth-order valence-corrected chi connectivity index (χ4v) is 2.37. The molecule has 0 aliphatic carbocycles. The van der Waals surface area contributed by atoms with Crippen LogP contribution in [-0.4, -0.2) is 10.9 Å². The normalized spacial score (nSPS) is 10.0. The van der Waals surface area contributed by atoms with E-state index in [1.807, 2.05) is 12.1 Å². The molecule has 1 rings (SSSR count). The van der Waals surface area contributed by atoms with Gasteiger partial charge in [0.25, 0.3) is 0 Å². The summed E-state index contributed by atoms with van der Waals surface area (Å²) >= 11 is 2.73. The van der Waals surface area contributed by atoms with Gasteiger partial charge in [-0.15, -0.1) is 11.3 Å². The molecular weight excluding hydrogens is 204 g/mol. The highest BCUT2D eigenvalue weighted by Crippen LogP contribution is 2.22. The SMILES string of the molecule is CC(=O)SCc1ccc(C(C)=O)s1. The summed E-state index contributed by atoms with van der Waals surface area (Å²) in [4.78, 5) is 23.4. The van der Waals surface area contributed by atoms with Gasteiger partial charge >= 0.3 is 0 Å². The zero-order chi connectivity index (χ0) is 9.84. The van der Waals surface area contributed by atoms with Crippen molar-refractivity contribution < 1.29 is 9.59 Å². The lowest BCUT2D eigenvalue weighted by molar-refractivity contribution is -0.109. The predicted octanol–water partition coefficient (Wildman–Crippen LogP) is 2.73. The molecule has 13 heavy (non-hydrogen) atoms. The summed E-state index contributed by atoms with van der Waals surface area (Å²) in [6, 6.07) is 3.71. The molecule has 1 aromatic heterocycles. The van der Waals surface area contributed by atoms with E-state index < -0.39 is 0 Å². The van der Waals surface area contributed by atoms with Crippen molar-refractivity contribution in [1.82, 2.24) is 0 Å². The van der Waals surface area contributed by atoms with E-state index >= 15 is 0 Å². The zero-order valence-corrected chi connectivity index (χ0v) is 9.13. The van der Waals surface area contributed by atoms with Crippen molar-refractivity contribution in [2.24, 2.45) is 0 Å². The van der Waals surface area contributed by atoms with Gasteiger partial charge in [0, 0.05) is 17.6 Å². The van der Waals surface area contributed by atoms with Crippen molar-refractivity contribution in [3.8, 4) is 0 Å². The van der Waals surface area contributed by atoms with Gasteiger partial charge in [-0.25, -0.2) is 0 Å². The third-order valence-corrected chi connectivity index (χ3v) is 3.66. The molecule has 2 nitrogen and oxygen atoms in total. The van der Waals surface area contributed by atoms with Crippen molar-refractivity contribution >= 4 is 34.0 Å². The lowest BCUT2D eigenvalue weighted by Crippen LogP contribution is -1.84. The Balaban J connectivity index is 2.59. The molecule has 0 fully saturated rings. The third kappa shape index (κ3) is 3.32. The molecule has 0 saturated carbocycles. The minimum atomic E-state index is 0.0871. The van der Waals surface area contributed by atoms with E-state index in [9.17, 15) is 9.59 Å². The van der Waals surface area contributed by atoms with Gasteiger partial charge in [0.15, 0.2) is 10.9 Å². The number of carbonyl (C=O) groups is 2. The Morgan fingerprint density at radius 3 is 2.54 bits per heavy atom. The van der Waals surface area contributed by atoms with E-state index in [1.165, 1.54) is 23.1 Å². The summed E-state index contributed by atoms with van der Waals surface area (Å²) < 4.78 is 0. The molecule has 0 bridgehead atoms. The second kappa shape index (κ2) is 4.58. The molecule has 0 aliphatic heterocycles. The highest BCUT2D eigenvalue weighted by molar-refractivity contribution is 8.12. The number of rotatable bonds is 3. The summed E-state index contributed by atoms with van der Waals surface area (Å²) in [5, 5.41) is 0.109. The summed E-state index contributed by atoms with van der Waals surface area (Å²) in [6.07, 6.45) is 0. The van der Waals surface area contributed by atoms with Gasteiger partial charge in [-0.05, 0) is 19.1 Å². The van der Waals surface area contributed by atoms with Gasteiger partial charge in [-0.3, -0.25) is 9.59 Å². The molecule has 0 amide bonds. The van der Waals surface area contributed by atoms with E-state index in [0.29, 0.717) is 5.75 Å². The van der Waals surface area contributed by atoms with E-state index in [-0.39, 0.29) is 10.9 Å². The predicted molar refractivity (Wildman–Crippen MR) is 56.3 cm³/mol. The van der Waals surface area contributed by atoms with Crippen LogP contribution >= 0.6 is 23.1 Å². The van der Waals surface area contributed by atoms with Crippen LogP contribution in [0.5, 0.6) is 0 Å². The van der Waals surface area contributed by atoms with Crippen molar-refractivity contribution in [2.75, 3.05) is 0 Å². The average molecular weight is 214 g/mol. The first-order chi connectivity index (χ1) is 6.09. The molecule has 0 N–H and O–H groups in total. The van der Waals surface area contributed by atoms with Gasteiger partial charge in [0.05, 0.1) is 4.88 Å². The van der Waals surface area contributed by atoms with Crippen LogP contribution in [0.1, 0.15) is 28.4 Å². The lowest BCUT2D eigenvalue weighted by atomic mass is 10.3. The van der Waals surface area contributed by atoms with Crippen molar-refractivity contribution in [2.45, 2.75) is 19.6 Å². The maximum atomic E-state index is 10.9. The van der Waals surface area contributed by atoms with Gasteiger partial charge < -0.3 is 0 Å². The fourth-order valence-electron chi connectivity index (χ4n) is 0.817. The molecule has 0 saturated heterocycles. The Morgan fingerprint density at radius 2 is 2.08 bits per heavy atom. The Kier molecular flexibility index (Phi) is 3.69. The molecule has 0 atom stereocenters. The van der Waals surface area contributed by atoms with Crippen LogP contribution in [-0.2, 0) is 10.5 Å². The number of hydrogen-bond donors (Lipinski definition) is 0. The van der Waals surface area contributed by atoms with Crippen LogP contribution < -0.4 is 0 Å². The summed E-state index contributed by atoms with van der Waals surface area (Å²) in [7, 11) is 0. The Morgan fingerprint density at radius 1 is 1.38 bits per heavy atom. The van der Waals surface area contributed by atoms with Crippen LogP contribution in [0.3, 0.4) is 0 Å². The quantitative estimate of drug-likeness (QED) is 0.725. The summed E-state index contributed by atoms with van der Waals surface area (Å²) in [5.41, 5.74) is 0. The minimum Gasteiger partial charge on any atom is -0.294 e. The van der Waals surface area contributed by atoms with Crippen molar-refractivity contribution in [1.29, 1.82) is 0 Å². The molecule has 0 spiro atoms. The first-order valence-electron chi connectivity index (χ1n) is 3.82. The van der Waals surface area contributed by atoms with Crippen LogP contribution in [0.25, 0.3) is 0 Å². The first kappa shape index (κ1) is 10.5. The number of ketones is 1. The maximum absolute atomic E-state index is 10.9. The Hall–Kier alpha value is -0.610.